The number of carbonyl (C=O) groups excluding carboxylic acids is 1. The van der Waals surface area contributed by atoms with Gasteiger partial charge in [0.05, 0.1) is 11.4 Å². The standard InChI is InChI=1S/C20H24N4OS/c1-13-4-2-3-5-17(13)24-19(21-22-23-24)26-12-18(25)20-9-14-6-15(10-20)8-16(7-14)11-20/h2-5,14-16H,6-12H2,1H3. The van der Waals surface area contributed by atoms with E-state index in [1.165, 1.54) is 31.0 Å². The van der Waals surface area contributed by atoms with E-state index >= 15 is 0 Å². The monoisotopic (exact) mass is 368 g/mol. The lowest BCUT2D eigenvalue weighted by Crippen LogP contribution is -2.50. The van der Waals surface area contributed by atoms with Crippen molar-refractivity contribution in [2.45, 2.75) is 50.6 Å². The van der Waals surface area contributed by atoms with Gasteiger partial charge in [-0.05, 0) is 85.3 Å². The smallest absolute Gasteiger partial charge is 0.214 e. The fraction of sp³-hybridized carbons (Fsp3) is 0.600. The highest BCUT2D eigenvalue weighted by Gasteiger charge is 2.54. The number of para-hydroxylation sites is 1. The SMILES string of the molecule is Cc1ccccc1-n1nnnc1SCC(=O)C12CC3CC(CC(C3)C1)C2. The van der Waals surface area contributed by atoms with Crippen LogP contribution >= 0.6 is 11.8 Å². The number of Topliss-reactive ketones (excluding diaryl/α,β-unsaturated/α-hetero) is 1. The number of rotatable bonds is 5. The number of tetrazole rings is 1. The largest absolute Gasteiger partial charge is 0.298 e. The molecule has 0 spiro atoms. The zero-order valence-electron chi connectivity index (χ0n) is 15.1. The van der Waals surface area contributed by atoms with Crippen molar-refractivity contribution >= 4 is 17.5 Å². The molecule has 0 amide bonds. The highest BCUT2D eigenvalue weighted by atomic mass is 32.2. The molecule has 136 valence electrons. The van der Waals surface area contributed by atoms with Crippen molar-refractivity contribution in [2.75, 3.05) is 5.75 Å². The van der Waals surface area contributed by atoms with Crippen molar-refractivity contribution in [3.63, 3.8) is 0 Å². The predicted molar refractivity (Wildman–Crippen MR) is 100 cm³/mol. The normalized spacial score (nSPS) is 32.1. The summed E-state index contributed by atoms with van der Waals surface area (Å²) in [7, 11) is 0. The van der Waals surface area contributed by atoms with Crippen LogP contribution in [-0.2, 0) is 4.79 Å². The van der Waals surface area contributed by atoms with Crippen molar-refractivity contribution < 1.29 is 4.79 Å². The van der Waals surface area contributed by atoms with Crippen molar-refractivity contribution in [1.29, 1.82) is 0 Å². The molecule has 1 aromatic carbocycles. The third kappa shape index (κ3) is 2.70. The lowest BCUT2D eigenvalue weighted by atomic mass is 9.48. The number of thioether (sulfide) groups is 1. The van der Waals surface area contributed by atoms with Crippen LogP contribution in [0.2, 0.25) is 0 Å². The molecule has 0 atom stereocenters. The Kier molecular flexibility index (Phi) is 3.92. The van der Waals surface area contributed by atoms with E-state index in [2.05, 4.69) is 15.5 Å². The Hall–Kier alpha value is -1.69. The number of ketones is 1. The minimum atomic E-state index is -0.0390. The van der Waals surface area contributed by atoms with Crippen molar-refractivity contribution in [3.8, 4) is 5.69 Å². The first-order valence-electron chi connectivity index (χ1n) is 9.63. The summed E-state index contributed by atoms with van der Waals surface area (Å²) in [6.07, 6.45) is 7.48. The number of aromatic nitrogens is 4. The number of hydrogen-bond acceptors (Lipinski definition) is 5. The maximum atomic E-state index is 13.2. The first kappa shape index (κ1) is 16.5. The van der Waals surface area contributed by atoms with Gasteiger partial charge in [-0.2, -0.15) is 4.68 Å². The Morgan fingerprint density at radius 1 is 1.15 bits per heavy atom. The Morgan fingerprint density at radius 2 is 1.81 bits per heavy atom. The molecule has 0 aliphatic heterocycles. The van der Waals surface area contributed by atoms with Gasteiger partial charge in [-0.15, -0.1) is 5.10 Å². The molecule has 0 radical (unpaired) electrons. The molecule has 26 heavy (non-hydrogen) atoms. The van der Waals surface area contributed by atoms with E-state index in [0.29, 0.717) is 16.7 Å². The molecule has 6 heteroatoms. The number of aryl methyl sites for hydroxylation is 1. The Balaban J connectivity index is 1.33. The van der Waals surface area contributed by atoms with Crippen LogP contribution in [0.4, 0.5) is 0 Å². The van der Waals surface area contributed by atoms with Crippen LogP contribution in [0, 0.1) is 30.1 Å². The Bertz CT molecular complexity index is 811. The van der Waals surface area contributed by atoms with Gasteiger partial charge in [0.1, 0.15) is 5.78 Å². The minimum absolute atomic E-state index is 0.0390. The van der Waals surface area contributed by atoms with Crippen LogP contribution in [0.25, 0.3) is 5.69 Å². The molecule has 4 saturated carbocycles. The number of nitrogens with zero attached hydrogens (tertiary/aromatic N) is 4. The molecule has 2 aromatic rings. The summed E-state index contributed by atoms with van der Waals surface area (Å²) >= 11 is 1.49. The molecular weight excluding hydrogens is 344 g/mol. The highest BCUT2D eigenvalue weighted by Crippen LogP contribution is 2.60. The van der Waals surface area contributed by atoms with E-state index < -0.39 is 0 Å². The molecule has 4 fully saturated rings. The van der Waals surface area contributed by atoms with Crippen molar-refractivity contribution in [3.05, 3.63) is 29.8 Å². The summed E-state index contributed by atoms with van der Waals surface area (Å²) < 4.78 is 1.76. The lowest BCUT2D eigenvalue weighted by Gasteiger charge is -2.56. The number of carbonyl (C=O) groups is 1. The van der Waals surface area contributed by atoms with Gasteiger partial charge in [0.25, 0.3) is 0 Å². The molecule has 0 N–H and O–H groups in total. The summed E-state index contributed by atoms with van der Waals surface area (Å²) in [6.45, 7) is 2.05. The Morgan fingerprint density at radius 3 is 2.46 bits per heavy atom. The zero-order valence-corrected chi connectivity index (χ0v) is 15.9. The maximum Gasteiger partial charge on any atom is 0.214 e. The molecule has 0 unspecified atom stereocenters. The molecule has 4 bridgehead atoms. The third-order valence-corrected chi connectivity index (χ3v) is 7.67. The average Bonchev–Trinajstić information content (AvgIpc) is 3.07. The van der Waals surface area contributed by atoms with Crippen LogP contribution in [0.3, 0.4) is 0 Å². The van der Waals surface area contributed by atoms with Gasteiger partial charge in [-0.3, -0.25) is 4.79 Å². The zero-order chi connectivity index (χ0) is 17.7. The predicted octanol–water partition coefficient (Wildman–Crippen LogP) is 3.85. The maximum absolute atomic E-state index is 13.2. The Labute approximate surface area is 157 Å². The summed E-state index contributed by atoms with van der Waals surface area (Å²) in [6, 6.07) is 8.05. The van der Waals surface area contributed by atoms with Crippen LogP contribution in [0.1, 0.15) is 44.1 Å². The third-order valence-electron chi connectivity index (χ3n) is 6.75. The molecule has 1 heterocycles. The van der Waals surface area contributed by atoms with Crippen LogP contribution < -0.4 is 0 Å². The van der Waals surface area contributed by atoms with Crippen LogP contribution in [0.5, 0.6) is 0 Å². The van der Waals surface area contributed by atoms with E-state index in [1.54, 1.807) is 4.68 Å². The average molecular weight is 369 g/mol. The van der Waals surface area contributed by atoms with Gasteiger partial charge in [0, 0.05) is 5.41 Å². The second-order valence-corrected chi connectivity index (χ2v) is 9.51. The van der Waals surface area contributed by atoms with Gasteiger partial charge < -0.3 is 0 Å². The van der Waals surface area contributed by atoms with Crippen molar-refractivity contribution in [2.24, 2.45) is 23.2 Å². The fourth-order valence-corrected chi connectivity index (χ4v) is 6.87. The van der Waals surface area contributed by atoms with Gasteiger partial charge in [0.2, 0.25) is 5.16 Å². The molecule has 6 rings (SSSR count). The quantitative estimate of drug-likeness (QED) is 0.750. The molecular formula is C20H24N4OS. The first-order valence-corrected chi connectivity index (χ1v) is 10.6. The molecule has 1 aromatic heterocycles. The van der Waals surface area contributed by atoms with Gasteiger partial charge >= 0.3 is 0 Å². The van der Waals surface area contributed by atoms with Gasteiger partial charge in [-0.1, -0.05) is 30.0 Å². The lowest BCUT2D eigenvalue weighted by molar-refractivity contribution is -0.141. The van der Waals surface area contributed by atoms with E-state index in [4.69, 9.17) is 0 Å². The second kappa shape index (κ2) is 6.19. The van der Waals surface area contributed by atoms with Crippen LogP contribution in [-0.4, -0.2) is 31.7 Å². The van der Waals surface area contributed by atoms with Gasteiger partial charge in [-0.25, -0.2) is 0 Å². The molecule has 5 nitrogen and oxygen atoms in total. The van der Waals surface area contributed by atoms with Crippen molar-refractivity contribution in [1.82, 2.24) is 20.2 Å². The topological polar surface area (TPSA) is 60.7 Å². The second-order valence-electron chi connectivity index (χ2n) is 8.57. The summed E-state index contributed by atoms with van der Waals surface area (Å²) in [4.78, 5) is 13.2. The molecule has 4 aliphatic rings. The number of benzene rings is 1. The fourth-order valence-electron chi connectivity index (χ4n) is 5.96. The highest BCUT2D eigenvalue weighted by molar-refractivity contribution is 7.99. The summed E-state index contributed by atoms with van der Waals surface area (Å²) in [5.74, 6) is 3.31. The summed E-state index contributed by atoms with van der Waals surface area (Å²) in [5, 5.41) is 12.9. The number of hydrogen-bond donors (Lipinski definition) is 0. The van der Waals surface area contributed by atoms with E-state index in [0.717, 1.165) is 48.3 Å². The van der Waals surface area contributed by atoms with Gasteiger partial charge in [0.15, 0.2) is 0 Å². The van der Waals surface area contributed by atoms with Crippen LogP contribution in [0.15, 0.2) is 29.4 Å². The molecule has 0 saturated heterocycles. The molecule has 4 aliphatic carbocycles. The van der Waals surface area contributed by atoms with E-state index in [-0.39, 0.29) is 5.41 Å². The summed E-state index contributed by atoms with van der Waals surface area (Å²) in [5.41, 5.74) is 2.05. The van der Waals surface area contributed by atoms with E-state index in [9.17, 15) is 4.79 Å². The van der Waals surface area contributed by atoms with E-state index in [1.807, 2.05) is 31.2 Å². The minimum Gasteiger partial charge on any atom is -0.298 e. The first-order chi connectivity index (χ1) is 12.6.